The highest BCUT2D eigenvalue weighted by Crippen LogP contribution is 2.31. The van der Waals surface area contributed by atoms with Crippen LogP contribution < -0.4 is 0 Å². The predicted octanol–water partition coefficient (Wildman–Crippen LogP) is 8.41. The lowest BCUT2D eigenvalue weighted by Gasteiger charge is -2.10. The molecule has 0 unspecified atom stereocenters. The van der Waals surface area contributed by atoms with Crippen LogP contribution in [0.4, 0.5) is 0 Å². The van der Waals surface area contributed by atoms with Crippen LogP contribution in [0.15, 0.2) is 35.4 Å². The summed E-state index contributed by atoms with van der Waals surface area (Å²) in [6, 6.07) is 3.68. The Morgan fingerprint density at radius 3 is 1.90 bits per heavy atom. The van der Waals surface area contributed by atoms with Crippen LogP contribution in [0.5, 0.6) is 11.5 Å². The summed E-state index contributed by atoms with van der Waals surface area (Å²) in [4.78, 5) is 0. The molecule has 0 fully saturated rings. The second kappa shape index (κ2) is 15.2. The number of phenolic OH excluding ortho intramolecular Hbond substituents is 2. The van der Waals surface area contributed by atoms with Gasteiger partial charge in [-0.05, 0) is 70.6 Å². The Labute approximate surface area is 179 Å². The summed E-state index contributed by atoms with van der Waals surface area (Å²) >= 11 is 0. The molecule has 0 aliphatic carbocycles. The van der Waals surface area contributed by atoms with Gasteiger partial charge < -0.3 is 10.2 Å². The van der Waals surface area contributed by atoms with Gasteiger partial charge in [-0.25, -0.2) is 0 Å². The van der Waals surface area contributed by atoms with Gasteiger partial charge in [0.1, 0.15) is 11.5 Å². The topological polar surface area (TPSA) is 40.5 Å². The van der Waals surface area contributed by atoms with Crippen LogP contribution in [0.3, 0.4) is 0 Å². The fourth-order valence-corrected chi connectivity index (χ4v) is 3.66. The standard InChI is InChI=1S/C27H44O2/c1-5-6-7-8-9-10-11-12-13-17-24-20-26(28)25(27(29)21-24)19-18-23(4)16-14-15-22(2)3/h15,18,20-21,28-29H,5-14,16-17,19H2,1-4H3/b23-18+. The largest absolute Gasteiger partial charge is 0.508 e. The molecular weight excluding hydrogens is 356 g/mol. The van der Waals surface area contributed by atoms with Gasteiger partial charge in [0.25, 0.3) is 0 Å². The molecule has 0 saturated heterocycles. The van der Waals surface area contributed by atoms with Crippen molar-refractivity contribution in [1.82, 2.24) is 0 Å². The highest BCUT2D eigenvalue weighted by molar-refractivity contribution is 5.47. The number of allylic oxidation sites excluding steroid dienone is 4. The quantitative estimate of drug-likeness (QED) is 0.229. The van der Waals surface area contributed by atoms with Crippen molar-refractivity contribution in [1.29, 1.82) is 0 Å². The fourth-order valence-electron chi connectivity index (χ4n) is 3.66. The lowest BCUT2D eigenvalue weighted by atomic mass is 9.99. The molecule has 0 aromatic heterocycles. The van der Waals surface area contributed by atoms with Crippen molar-refractivity contribution in [2.75, 3.05) is 0 Å². The molecule has 0 heterocycles. The maximum atomic E-state index is 10.4. The van der Waals surface area contributed by atoms with E-state index in [4.69, 9.17) is 0 Å². The average molecular weight is 401 g/mol. The van der Waals surface area contributed by atoms with Gasteiger partial charge in [0.05, 0.1) is 0 Å². The van der Waals surface area contributed by atoms with Crippen molar-refractivity contribution in [2.24, 2.45) is 0 Å². The average Bonchev–Trinajstić information content (AvgIpc) is 2.65. The highest BCUT2D eigenvalue weighted by atomic mass is 16.3. The summed E-state index contributed by atoms with van der Waals surface area (Å²) in [5, 5.41) is 20.8. The van der Waals surface area contributed by atoms with Gasteiger partial charge in [-0.1, -0.05) is 81.6 Å². The Balaban J connectivity index is 2.39. The zero-order chi connectivity index (χ0) is 21.5. The molecule has 2 heteroatoms. The van der Waals surface area contributed by atoms with Gasteiger partial charge in [-0.15, -0.1) is 0 Å². The van der Waals surface area contributed by atoms with Gasteiger partial charge in [0, 0.05) is 5.56 Å². The molecule has 1 aromatic carbocycles. The van der Waals surface area contributed by atoms with Crippen LogP contribution in [-0.4, -0.2) is 10.2 Å². The second-order valence-corrected chi connectivity index (χ2v) is 8.77. The fraction of sp³-hybridized carbons (Fsp3) is 0.630. The molecule has 1 aromatic rings. The van der Waals surface area contributed by atoms with Gasteiger partial charge in [0.15, 0.2) is 0 Å². The number of rotatable bonds is 15. The predicted molar refractivity (Wildman–Crippen MR) is 127 cm³/mol. The van der Waals surface area contributed by atoms with Gasteiger partial charge >= 0.3 is 0 Å². The van der Waals surface area contributed by atoms with Crippen LogP contribution in [0.25, 0.3) is 0 Å². The molecule has 0 spiro atoms. The summed E-state index contributed by atoms with van der Waals surface area (Å²) in [5.74, 6) is 0.452. The van der Waals surface area contributed by atoms with Crippen LogP contribution >= 0.6 is 0 Å². The first-order valence-corrected chi connectivity index (χ1v) is 11.8. The van der Waals surface area contributed by atoms with E-state index >= 15 is 0 Å². The third kappa shape index (κ3) is 11.8. The number of aryl methyl sites for hydroxylation is 1. The Morgan fingerprint density at radius 2 is 1.34 bits per heavy atom. The number of unbranched alkanes of at least 4 members (excludes halogenated alkanes) is 8. The number of hydrogen-bond acceptors (Lipinski definition) is 2. The number of benzene rings is 1. The molecule has 0 amide bonds. The first kappa shape index (κ1) is 25.3. The lowest BCUT2D eigenvalue weighted by Crippen LogP contribution is -1.91. The van der Waals surface area contributed by atoms with Crippen molar-refractivity contribution in [3.8, 4) is 11.5 Å². The smallest absolute Gasteiger partial charge is 0.123 e. The molecule has 164 valence electrons. The molecule has 29 heavy (non-hydrogen) atoms. The van der Waals surface area contributed by atoms with Crippen molar-refractivity contribution in [3.63, 3.8) is 0 Å². The van der Waals surface area contributed by atoms with E-state index < -0.39 is 0 Å². The maximum Gasteiger partial charge on any atom is 0.123 e. The number of hydrogen-bond donors (Lipinski definition) is 2. The SMILES string of the molecule is CCCCCCCCCCCc1cc(O)c(C/C=C(\C)CCC=C(C)C)c(O)c1. The molecule has 0 atom stereocenters. The van der Waals surface area contributed by atoms with Gasteiger partial charge in [0.2, 0.25) is 0 Å². The lowest BCUT2D eigenvalue weighted by molar-refractivity contribution is 0.439. The number of aromatic hydroxyl groups is 2. The zero-order valence-electron chi connectivity index (χ0n) is 19.4. The van der Waals surface area contributed by atoms with E-state index in [9.17, 15) is 10.2 Å². The first-order chi connectivity index (χ1) is 13.9. The molecule has 0 saturated carbocycles. The Morgan fingerprint density at radius 1 is 0.793 bits per heavy atom. The zero-order valence-corrected chi connectivity index (χ0v) is 19.4. The van der Waals surface area contributed by atoms with Gasteiger partial charge in [-0.3, -0.25) is 0 Å². The third-order valence-electron chi connectivity index (χ3n) is 5.58. The minimum atomic E-state index is 0.226. The van der Waals surface area contributed by atoms with Crippen molar-refractivity contribution in [2.45, 2.75) is 111 Å². The first-order valence-electron chi connectivity index (χ1n) is 11.8. The van der Waals surface area contributed by atoms with Crippen molar-refractivity contribution >= 4 is 0 Å². The van der Waals surface area contributed by atoms with E-state index in [0.29, 0.717) is 12.0 Å². The Hall–Kier alpha value is -1.70. The maximum absolute atomic E-state index is 10.4. The van der Waals surface area contributed by atoms with E-state index in [-0.39, 0.29) is 11.5 Å². The Kier molecular flexibility index (Phi) is 13.3. The van der Waals surface area contributed by atoms with E-state index in [1.807, 2.05) is 12.1 Å². The third-order valence-corrected chi connectivity index (χ3v) is 5.58. The molecule has 0 aliphatic rings. The van der Waals surface area contributed by atoms with E-state index in [1.165, 1.54) is 62.5 Å². The molecule has 2 nitrogen and oxygen atoms in total. The summed E-state index contributed by atoms with van der Waals surface area (Å²) < 4.78 is 0. The van der Waals surface area contributed by atoms with E-state index in [2.05, 4.69) is 39.8 Å². The molecule has 0 aliphatic heterocycles. The van der Waals surface area contributed by atoms with Crippen LogP contribution in [0.1, 0.15) is 109 Å². The molecule has 0 bridgehead atoms. The monoisotopic (exact) mass is 400 g/mol. The second-order valence-electron chi connectivity index (χ2n) is 8.77. The van der Waals surface area contributed by atoms with Crippen LogP contribution in [-0.2, 0) is 12.8 Å². The normalized spacial score (nSPS) is 11.7. The summed E-state index contributed by atoms with van der Waals surface area (Å²) in [5.41, 5.74) is 4.31. The molecule has 1 rings (SSSR count). The highest BCUT2D eigenvalue weighted by Gasteiger charge is 2.09. The summed E-state index contributed by atoms with van der Waals surface area (Å²) in [7, 11) is 0. The minimum Gasteiger partial charge on any atom is -0.508 e. The molecular formula is C27H44O2. The summed E-state index contributed by atoms with van der Waals surface area (Å²) in [6.07, 6.45) is 19.7. The minimum absolute atomic E-state index is 0.226. The van der Waals surface area contributed by atoms with Gasteiger partial charge in [-0.2, -0.15) is 0 Å². The molecule has 2 N–H and O–H groups in total. The van der Waals surface area contributed by atoms with E-state index in [1.54, 1.807) is 0 Å². The van der Waals surface area contributed by atoms with E-state index in [0.717, 1.165) is 31.2 Å². The van der Waals surface area contributed by atoms with Crippen molar-refractivity contribution < 1.29 is 10.2 Å². The molecule has 0 radical (unpaired) electrons. The van der Waals surface area contributed by atoms with Crippen molar-refractivity contribution in [3.05, 3.63) is 46.6 Å². The Bertz CT molecular complexity index is 613. The van der Waals surface area contributed by atoms with Crippen LogP contribution in [0.2, 0.25) is 0 Å². The summed E-state index contributed by atoms with van der Waals surface area (Å²) in [6.45, 7) is 8.61. The number of phenols is 2. The van der Waals surface area contributed by atoms with Crippen LogP contribution in [0, 0.1) is 0 Å².